The molecule has 4 rings (SSSR count). The van der Waals surface area contributed by atoms with E-state index in [1.807, 2.05) is 91.0 Å². The van der Waals surface area contributed by atoms with Gasteiger partial charge in [-0.1, -0.05) is 119 Å². The number of amides is 1. The van der Waals surface area contributed by atoms with Gasteiger partial charge in [0, 0.05) is 4.47 Å². The van der Waals surface area contributed by atoms with Crippen LogP contribution in [-0.2, 0) is 10.4 Å². The molecule has 0 heterocycles. The topological polar surface area (TPSA) is 49.3 Å². The fourth-order valence-corrected chi connectivity index (χ4v) is 3.95. The Morgan fingerprint density at radius 2 is 1.10 bits per heavy atom. The van der Waals surface area contributed by atoms with Gasteiger partial charge in [-0.2, -0.15) is 0 Å². The number of hydrogen-bond donors (Lipinski definition) is 2. The summed E-state index contributed by atoms with van der Waals surface area (Å²) in [6.45, 7) is 0. The number of aliphatic hydroxyl groups is 1. The first-order chi connectivity index (χ1) is 15.1. The normalized spacial score (nSPS) is 12.2. The largest absolute Gasteiger partial charge is 0.372 e. The van der Waals surface area contributed by atoms with Crippen LogP contribution in [-0.4, -0.2) is 11.0 Å². The molecule has 0 aliphatic rings. The van der Waals surface area contributed by atoms with Gasteiger partial charge in [-0.25, -0.2) is 0 Å². The van der Waals surface area contributed by atoms with Gasteiger partial charge < -0.3 is 10.4 Å². The lowest BCUT2D eigenvalue weighted by atomic mass is 9.84. The average Bonchev–Trinajstić information content (AvgIpc) is 2.84. The van der Waals surface area contributed by atoms with E-state index >= 15 is 0 Å². The Balaban J connectivity index is 1.78. The minimum atomic E-state index is -1.83. The van der Waals surface area contributed by atoms with Crippen LogP contribution >= 0.6 is 15.9 Å². The van der Waals surface area contributed by atoms with Crippen molar-refractivity contribution < 1.29 is 9.90 Å². The fraction of sp³-hybridized carbons (Fsp3) is 0.0741. The van der Waals surface area contributed by atoms with Crippen molar-refractivity contribution in [3.63, 3.8) is 0 Å². The van der Waals surface area contributed by atoms with E-state index in [4.69, 9.17) is 0 Å². The lowest BCUT2D eigenvalue weighted by molar-refractivity contribution is -0.137. The highest BCUT2D eigenvalue weighted by Gasteiger charge is 2.41. The van der Waals surface area contributed by atoms with E-state index in [9.17, 15) is 9.90 Å². The average molecular weight is 472 g/mol. The molecule has 0 radical (unpaired) electrons. The molecule has 3 nitrogen and oxygen atoms in total. The van der Waals surface area contributed by atoms with E-state index in [2.05, 4.69) is 21.2 Å². The molecule has 0 aromatic heterocycles. The predicted molar refractivity (Wildman–Crippen MR) is 126 cm³/mol. The molecule has 4 aromatic carbocycles. The van der Waals surface area contributed by atoms with Crippen molar-refractivity contribution in [2.75, 3.05) is 0 Å². The van der Waals surface area contributed by atoms with Gasteiger partial charge >= 0.3 is 0 Å². The molecule has 4 aromatic rings. The quantitative estimate of drug-likeness (QED) is 0.384. The molecule has 154 valence electrons. The summed E-state index contributed by atoms with van der Waals surface area (Å²) in [6.07, 6.45) is 0. The highest BCUT2D eigenvalue weighted by Crippen LogP contribution is 2.32. The highest BCUT2D eigenvalue weighted by atomic mass is 79.9. The van der Waals surface area contributed by atoms with Crippen LogP contribution < -0.4 is 5.32 Å². The lowest BCUT2D eigenvalue weighted by Gasteiger charge is -2.31. The first-order valence-electron chi connectivity index (χ1n) is 10.0. The molecule has 1 atom stereocenters. The SMILES string of the molecule is O=C(NC(c1ccccc1)c1ccc(Br)cc1)C(O)(c1ccccc1)c1ccccc1. The molecular weight excluding hydrogens is 450 g/mol. The lowest BCUT2D eigenvalue weighted by Crippen LogP contribution is -2.46. The van der Waals surface area contributed by atoms with Gasteiger partial charge in [-0.15, -0.1) is 0 Å². The van der Waals surface area contributed by atoms with Crippen molar-refractivity contribution in [1.82, 2.24) is 5.32 Å². The number of hydrogen-bond acceptors (Lipinski definition) is 2. The van der Waals surface area contributed by atoms with E-state index < -0.39 is 17.6 Å². The molecular formula is C27H22BrNO2. The molecule has 2 N–H and O–H groups in total. The number of carbonyl (C=O) groups is 1. The molecule has 0 bridgehead atoms. The Morgan fingerprint density at radius 1 is 0.677 bits per heavy atom. The summed E-state index contributed by atoms with van der Waals surface area (Å²) in [5.74, 6) is -0.485. The van der Waals surface area contributed by atoms with Crippen molar-refractivity contribution in [2.45, 2.75) is 11.6 Å². The maximum absolute atomic E-state index is 13.7. The van der Waals surface area contributed by atoms with Crippen LogP contribution in [0.1, 0.15) is 28.3 Å². The minimum Gasteiger partial charge on any atom is -0.372 e. The van der Waals surface area contributed by atoms with Gasteiger partial charge in [0.25, 0.3) is 5.91 Å². The molecule has 1 amide bonds. The van der Waals surface area contributed by atoms with Crippen LogP contribution in [0.5, 0.6) is 0 Å². The van der Waals surface area contributed by atoms with Gasteiger partial charge in [0.2, 0.25) is 0 Å². The molecule has 1 unspecified atom stereocenters. The zero-order chi connectivity index (χ0) is 21.7. The zero-order valence-corrected chi connectivity index (χ0v) is 18.4. The number of rotatable bonds is 6. The summed E-state index contributed by atoms with van der Waals surface area (Å²) in [5, 5.41) is 14.9. The van der Waals surface area contributed by atoms with Gasteiger partial charge in [-0.3, -0.25) is 4.79 Å². The molecule has 0 saturated heterocycles. The second kappa shape index (κ2) is 9.29. The summed E-state index contributed by atoms with van der Waals surface area (Å²) < 4.78 is 0.958. The second-order valence-electron chi connectivity index (χ2n) is 7.31. The number of benzene rings is 4. The van der Waals surface area contributed by atoms with Gasteiger partial charge in [0.15, 0.2) is 5.60 Å². The predicted octanol–water partition coefficient (Wildman–Crippen LogP) is 5.59. The molecule has 0 aliphatic heterocycles. The third-order valence-electron chi connectivity index (χ3n) is 5.32. The molecule has 4 heteroatoms. The van der Waals surface area contributed by atoms with Crippen molar-refractivity contribution >= 4 is 21.8 Å². The van der Waals surface area contributed by atoms with Crippen LogP contribution in [0.2, 0.25) is 0 Å². The first kappa shape index (κ1) is 21.0. The van der Waals surface area contributed by atoms with E-state index in [1.54, 1.807) is 24.3 Å². The summed E-state index contributed by atoms with van der Waals surface area (Å²) in [6, 6.07) is 35.2. The van der Waals surface area contributed by atoms with E-state index in [1.165, 1.54) is 0 Å². The standard InChI is InChI=1S/C27H22BrNO2/c28-24-18-16-21(17-19-24)25(20-10-4-1-5-11-20)29-26(30)27(31,22-12-6-2-7-13-22)23-14-8-3-9-15-23/h1-19,25,31H,(H,29,30). The van der Waals surface area contributed by atoms with Crippen molar-refractivity contribution in [3.8, 4) is 0 Å². The van der Waals surface area contributed by atoms with Crippen LogP contribution in [0.3, 0.4) is 0 Å². The maximum atomic E-state index is 13.7. The van der Waals surface area contributed by atoms with Crippen LogP contribution in [0.4, 0.5) is 0 Å². The van der Waals surface area contributed by atoms with Crippen molar-refractivity contribution in [3.05, 3.63) is 142 Å². The third kappa shape index (κ3) is 4.46. The smallest absolute Gasteiger partial charge is 0.262 e. The summed E-state index contributed by atoms with van der Waals surface area (Å²) in [4.78, 5) is 13.7. The van der Waals surface area contributed by atoms with E-state index in [0.29, 0.717) is 11.1 Å². The van der Waals surface area contributed by atoms with Gasteiger partial charge in [0.1, 0.15) is 0 Å². The van der Waals surface area contributed by atoms with Gasteiger partial charge in [0.05, 0.1) is 6.04 Å². The molecule has 0 saturated carbocycles. The van der Waals surface area contributed by atoms with Crippen molar-refractivity contribution in [2.24, 2.45) is 0 Å². The first-order valence-corrected chi connectivity index (χ1v) is 10.8. The zero-order valence-electron chi connectivity index (χ0n) is 16.8. The summed E-state index contributed by atoms with van der Waals surface area (Å²) in [7, 11) is 0. The molecule has 0 fully saturated rings. The fourth-order valence-electron chi connectivity index (χ4n) is 3.68. The Kier molecular flexibility index (Phi) is 6.31. The number of halogens is 1. The molecule has 31 heavy (non-hydrogen) atoms. The third-order valence-corrected chi connectivity index (χ3v) is 5.85. The Labute approximate surface area is 190 Å². The monoisotopic (exact) mass is 471 g/mol. The maximum Gasteiger partial charge on any atom is 0.262 e. The van der Waals surface area contributed by atoms with Crippen LogP contribution in [0, 0.1) is 0 Å². The summed E-state index contributed by atoms with van der Waals surface area (Å²) in [5.41, 5.74) is 1.06. The second-order valence-corrected chi connectivity index (χ2v) is 8.23. The Bertz CT molecular complexity index is 1090. The van der Waals surface area contributed by atoms with Crippen LogP contribution in [0.25, 0.3) is 0 Å². The highest BCUT2D eigenvalue weighted by molar-refractivity contribution is 9.10. The minimum absolute atomic E-state index is 0.416. The molecule has 0 spiro atoms. The number of carbonyl (C=O) groups excluding carboxylic acids is 1. The Morgan fingerprint density at radius 3 is 1.58 bits per heavy atom. The van der Waals surface area contributed by atoms with Crippen molar-refractivity contribution in [1.29, 1.82) is 0 Å². The molecule has 0 aliphatic carbocycles. The van der Waals surface area contributed by atoms with E-state index in [0.717, 1.165) is 15.6 Å². The van der Waals surface area contributed by atoms with E-state index in [-0.39, 0.29) is 0 Å². The summed E-state index contributed by atoms with van der Waals surface area (Å²) >= 11 is 3.47. The van der Waals surface area contributed by atoms with Gasteiger partial charge in [-0.05, 0) is 34.4 Å². The number of nitrogens with one attached hydrogen (secondary N) is 1. The van der Waals surface area contributed by atoms with Crippen LogP contribution in [0.15, 0.2) is 120 Å². The Hall–Kier alpha value is -3.21.